The van der Waals surface area contributed by atoms with E-state index in [4.69, 9.17) is 5.73 Å². The van der Waals surface area contributed by atoms with Gasteiger partial charge in [0.15, 0.2) is 0 Å². The number of hydrogen-bond donors (Lipinski definition) is 2. The van der Waals surface area contributed by atoms with Crippen molar-refractivity contribution >= 4 is 0 Å². The third-order valence-corrected chi connectivity index (χ3v) is 4.09. The van der Waals surface area contributed by atoms with Crippen molar-refractivity contribution in [2.45, 2.75) is 52.1 Å². The predicted molar refractivity (Wildman–Crippen MR) is 77.5 cm³/mol. The molecule has 0 spiro atoms. The summed E-state index contributed by atoms with van der Waals surface area (Å²) >= 11 is 0. The van der Waals surface area contributed by atoms with Crippen molar-refractivity contribution in [1.82, 2.24) is 5.32 Å². The molecule has 2 nitrogen and oxygen atoms in total. The number of nitrogens with two attached hydrogens (primary N) is 1. The molecule has 1 aliphatic rings. The van der Waals surface area contributed by atoms with Crippen molar-refractivity contribution in [2.24, 2.45) is 11.7 Å². The van der Waals surface area contributed by atoms with E-state index < -0.39 is 0 Å². The van der Waals surface area contributed by atoms with Crippen molar-refractivity contribution in [2.75, 3.05) is 6.54 Å². The Hall–Kier alpha value is -0.860. The SMILES string of the molecule is CCC(C)CNCc1ccc2c(c1)CCCC2N. The zero-order valence-electron chi connectivity index (χ0n) is 11.7. The summed E-state index contributed by atoms with van der Waals surface area (Å²) in [7, 11) is 0. The maximum absolute atomic E-state index is 6.14. The molecular weight excluding hydrogens is 220 g/mol. The van der Waals surface area contributed by atoms with Crippen LogP contribution in [-0.4, -0.2) is 6.54 Å². The Kier molecular flexibility index (Phi) is 4.79. The zero-order valence-corrected chi connectivity index (χ0v) is 11.7. The van der Waals surface area contributed by atoms with Gasteiger partial charge in [0, 0.05) is 12.6 Å². The molecule has 1 aliphatic carbocycles. The minimum atomic E-state index is 0.260. The lowest BCUT2D eigenvalue weighted by molar-refractivity contribution is 0.499. The highest BCUT2D eigenvalue weighted by molar-refractivity contribution is 5.35. The van der Waals surface area contributed by atoms with Crippen LogP contribution in [0.25, 0.3) is 0 Å². The number of nitrogens with one attached hydrogen (secondary N) is 1. The Labute approximate surface area is 111 Å². The number of aryl methyl sites for hydroxylation is 1. The molecule has 2 unspecified atom stereocenters. The standard InChI is InChI=1S/C16H26N2/c1-3-12(2)10-18-11-13-7-8-15-14(9-13)5-4-6-16(15)17/h7-9,12,16,18H,3-6,10-11,17H2,1-2H3. The molecule has 1 aromatic rings. The van der Waals surface area contributed by atoms with Crippen LogP contribution in [0.15, 0.2) is 18.2 Å². The van der Waals surface area contributed by atoms with Gasteiger partial charge < -0.3 is 11.1 Å². The second kappa shape index (κ2) is 6.35. The Morgan fingerprint density at radius 2 is 2.28 bits per heavy atom. The van der Waals surface area contributed by atoms with Gasteiger partial charge in [-0.1, -0.05) is 38.5 Å². The molecule has 0 aliphatic heterocycles. The van der Waals surface area contributed by atoms with Crippen molar-refractivity contribution in [1.29, 1.82) is 0 Å². The normalized spacial score (nSPS) is 20.5. The second-order valence-corrected chi connectivity index (χ2v) is 5.68. The van der Waals surface area contributed by atoms with Crippen molar-refractivity contribution in [3.05, 3.63) is 34.9 Å². The van der Waals surface area contributed by atoms with Crippen LogP contribution in [0.3, 0.4) is 0 Å². The first kappa shape index (κ1) is 13.6. The van der Waals surface area contributed by atoms with E-state index in [1.54, 1.807) is 0 Å². The second-order valence-electron chi connectivity index (χ2n) is 5.68. The minimum Gasteiger partial charge on any atom is -0.324 e. The highest BCUT2D eigenvalue weighted by atomic mass is 14.9. The van der Waals surface area contributed by atoms with Crippen LogP contribution in [0.2, 0.25) is 0 Å². The van der Waals surface area contributed by atoms with E-state index in [1.807, 2.05) is 0 Å². The highest BCUT2D eigenvalue weighted by Gasteiger charge is 2.16. The third kappa shape index (κ3) is 3.33. The topological polar surface area (TPSA) is 38.0 Å². The van der Waals surface area contributed by atoms with Crippen molar-refractivity contribution in [3.63, 3.8) is 0 Å². The summed E-state index contributed by atoms with van der Waals surface area (Å²) in [6, 6.07) is 7.07. The van der Waals surface area contributed by atoms with E-state index in [2.05, 4.69) is 37.4 Å². The van der Waals surface area contributed by atoms with Gasteiger partial charge in [-0.15, -0.1) is 0 Å². The van der Waals surface area contributed by atoms with Crippen LogP contribution < -0.4 is 11.1 Å². The summed E-state index contributed by atoms with van der Waals surface area (Å²) < 4.78 is 0. The molecule has 0 fully saturated rings. The van der Waals surface area contributed by atoms with E-state index in [0.717, 1.165) is 25.4 Å². The van der Waals surface area contributed by atoms with Gasteiger partial charge in [-0.05, 0) is 48.4 Å². The van der Waals surface area contributed by atoms with Crippen molar-refractivity contribution in [3.8, 4) is 0 Å². The lowest BCUT2D eigenvalue weighted by atomic mass is 9.87. The van der Waals surface area contributed by atoms with Crippen LogP contribution in [0.4, 0.5) is 0 Å². The maximum atomic E-state index is 6.14. The molecule has 2 rings (SSSR count). The van der Waals surface area contributed by atoms with Gasteiger partial charge in [-0.2, -0.15) is 0 Å². The van der Waals surface area contributed by atoms with Gasteiger partial charge >= 0.3 is 0 Å². The zero-order chi connectivity index (χ0) is 13.0. The summed E-state index contributed by atoms with van der Waals surface area (Å²) in [5.41, 5.74) is 10.4. The summed E-state index contributed by atoms with van der Waals surface area (Å²) in [4.78, 5) is 0. The number of benzene rings is 1. The predicted octanol–water partition coefficient (Wildman–Crippen LogP) is 3.16. The molecule has 0 radical (unpaired) electrons. The van der Waals surface area contributed by atoms with E-state index in [-0.39, 0.29) is 6.04 Å². The highest BCUT2D eigenvalue weighted by Crippen LogP contribution is 2.28. The molecule has 100 valence electrons. The fourth-order valence-corrected chi connectivity index (χ4v) is 2.62. The van der Waals surface area contributed by atoms with E-state index >= 15 is 0 Å². The fourth-order valence-electron chi connectivity index (χ4n) is 2.62. The first-order valence-corrected chi connectivity index (χ1v) is 7.28. The first-order valence-electron chi connectivity index (χ1n) is 7.28. The molecule has 0 bridgehead atoms. The molecule has 1 aromatic carbocycles. The Balaban J connectivity index is 1.94. The lowest BCUT2D eigenvalue weighted by Gasteiger charge is -2.23. The number of fused-ring (bicyclic) bond motifs is 1. The summed E-state index contributed by atoms with van der Waals surface area (Å²) in [5, 5.41) is 3.54. The molecule has 3 N–H and O–H groups in total. The third-order valence-electron chi connectivity index (χ3n) is 4.09. The fraction of sp³-hybridized carbons (Fsp3) is 0.625. The first-order chi connectivity index (χ1) is 8.70. The average Bonchev–Trinajstić information content (AvgIpc) is 2.38. The van der Waals surface area contributed by atoms with Gasteiger partial charge in [-0.25, -0.2) is 0 Å². The van der Waals surface area contributed by atoms with Gasteiger partial charge in [-0.3, -0.25) is 0 Å². The van der Waals surface area contributed by atoms with Gasteiger partial charge in [0.05, 0.1) is 0 Å². The van der Waals surface area contributed by atoms with Crippen LogP contribution in [0, 0.1) is 5.92 Å². The molecule has 0 aromatic heterocycles. The molecule has 18 heavy (non-hydrogen) atoms. The molecule has 0 saturated heterocycles. The lowest BCUT2D eigenvalue weighted by Crippen LogP contribution is -2.21. The molecule has 0 heterocycles. The van der Waals surface area contributed by atoms with Crippen LogP contribution in [0.5, 0.6) is 0 Å². The monoisotopic (exact) mass is 246 g/mol. The quantitative estimate of drug-likeness (QED) is 0.837. The largest absolute Gasteiger partial charge is 0.324 e. The maximum Gasteiger partial charge on any atom is 0.0297 e. The van der Waals surface area contributed by atoms with Crippen LogP contribution >= 0.6 is 0 Å². The summed E-state index contributed by atoms with van der Waals surface area (Å²) in [6.45, 7) is 6.62. The van der Waals surface area contributed by atoms with E-state index in [1.165, 1.54) is 36.0 Å². The molecule has 0 saturated carbocycles. The molecule has 2 atom stereocenters. The van der Waals surface area contributed by atoms with Gasteiger partial charge in [0.2, 0.25) is 0 Å². The number of hydrogen-bond acceptors (Lipinski definition) is 2. The Morgan fingerprint density at radius 1 is 1.44 bits per heavy atom. The summed E-state index contributed by atoms with van der Waals surface area (Å²) in [6.07, 6.45) is 4.81. The Bertz CT molecular complexity index is 387. The van der Waals surface area contributed by atoms with E-state index in [9.17, 15) is 0 Å². The molecule has 2 heteroatoms. The van der Waals surface area contributed by atoms with E-state index in [0.29, 0.717) is 0 Å². The molecular formula is C16H26N2. The minimum absolute atomic E-state index is 0.260. The average molecular weight is 246 g/mol. The van der Waals surface area contributed by atoms with Gasteiger partial charge in [0.1, 0.15) is 0 Å². The van der Waals surface area contributed by atoms with Crippen LogP contribution in [0.1, 0.15) is 55.8 Å². The Morgan fingerprint density at radius 3 is 3.06 bits per heavy atom. The molecule has 0 amide bonds. The number of rotatable bonds is 5. The van der Waals surface area contributed by atoms with Crippen LogP contribution in [-0.2, 0) is 13.0 Å². The van der Waals surface area contributed by atoms with Crippen molar-refractivity contribution < 1.29 is 0 Å². The summed E-state index contributed by atoms with van der Waals surface area (Å²) in [5.74, 6) is 0.760. The van der Waals surface area contributed by atoms with Gasteiger partial charge in [0.25, 0.3) is 0 Å². The smallest absolute Gasteiger partial charge is 0.0297 e.